The molecule has 0 spiro atoms. The number of methoxy groups -OCH3 is 2. The normalized spacial score (nSPS) is 13.9. The van der Waals surface area contributed by atoms with Crippen molar-refractivity contribution < 1.29 is 14.3 Å². The van der Waals surface area contributed by atoms with Gasteiger partial charge >= 0.3 is 0 Å². The zero-order valence-electron chi connectivity index (χ0n) is 21.5. The van der Waals surface area contributed by atoms with Crippen LogP contribution in [0.25, 0.3) is 0 Å². The summed E-state index contributed by atoms with van der Waals surface area (Å²) < 4.78 is 10.6. The standard InChI is InChI=1S/C27H31Cl2N5O3/c1-32-8-10-34(11-9-32)20-7-5-6-18(13-20)12-19-14-24(31-17-30-19)33(2)25(35)15-21-26(28)22(36-3)16-23(37-4)27(21)29/h5-7,13-14,16-17H,8-12,15H2,1-4H3. The molecule has 0 aliphatic carbocycles. The van der Waals surface area contributed by atoms with E-state index < -0.39 is 0 Å². The average molecular weight is 544 g/mol. The van der Waals surface area contributed by atoms with E-state index in [0.29, 0.717) is 29.3 Å². The first kappa shape index (κ1) is 27.0. The highest BCUT2D eigenvalue weighted by molar-refractivity contribution is 6.38. The zero-order valence-corrected chi connectivity index (χ0v) is 23.0. The Morgan fingerprint density at radius 2 is 1.68 bits per heavy atom. The summed E-state index contributed by atoms with van der Waals surface area (Å²) in [5.74, 6) is 1.03. The maximum absolute atomic E-state index is 13.2. The van der Waals surface area contributed by atoms with Crippen LogP contribution in [0.2, 0.25) is 10.0 Å². The molecule has 0 saturated carbocycles. The van der Waals surface area contributed by atoms with E-state index in [9.17, 15) is 4.79 Å². The number of likely N-dealkylation sites (N-methyl/N-ethyl adjacent to an activating group) is 2. The molecule has 1 aromatic heterocycles. The van der Waals surface area contributed by atoms with Crippen LogP contribution in [0.1, 0.15) is 16.8 Å². The minimum absolute atomic E-state index is 0.0475. The Labute approximate surface area is 227 Å². The van der Waals surface area contributed by atoms with Gasteiger partial charge in [0.2, 0.25) is 5.91 Å². The topological polar surface area (TPSA) is 71.0 Å². The first-order chi connectivity index (χ1) is 17.8. The molecule has 3 aromatic rings. The second-order valence-corrected chi connectivity index (χ2v) is 9.78. The van der Waals surface area contributed by atoms with Crippen molar-refractivity contribution in [1.82, 2.24) is 14.9 Å². The number of nitrogens with zero attached hydrogens (tertiary/aromatic N) is 5. The minimum Gasteiger partial charge on any atom is -0.495 e. The highest BCUT2D eigenvalue weighted by atomic mass is 35.5. The van der Waals surface area contributed by atoms with Crippen molar-refractivity contribution in [1.29, 1.82) is 0 Å². The van der Waals surface area contributed by atoms with Gasteiger partial charge in [-0.25, -0.2) is 9.97 Å². The van der Waals surface area contributed by atoms with E-state index >= 15 is 0 Å². The fourth-order valence-electron chi connectivity index (χ4n) is 4.29. The molecule has 0 bridgehead atoms. The van der Waals surface area contributed by atoms with E-state index in [4.69, 9.17) is 32.7 Å². The van der Waals surface area contributed by atoms with Gasteiger partial charge in [0.1, 0.15) is 23.6 Å². The number of aromatic nitrogens is 2. The molecule has 2 aromatic carbocycles. The average Bonchev–Trinajstić information content (AvgIpc) is 2.91. The summed E-state index contributed by atoms with van der Waals surface area (Å²) in [4.78, 5) is 28.2. The first-order valence-corrected chi connectivity index (χ1v) is 12.7. The Bertz CT molecular complexity index is 1240. The SMILES string of the molecule is COc1cc(OC)c(Cl)c(CC(=O)N(C)c2cc(Cc3cccc(N4CCN(C)CC4)c3)ncn2)c1Cl. The van der Waals surface area contributed by atoms with Crippen LogP contribution in [0, 0.1) is 0 Å². The minimum atomic E-state index is -0.235. The molecule has 37 heavy (non-hydrogen) atoms. The number of ether oxygens (including phenoxy) is 2. The Hall–Kier alpha value is -3.07. The number of carbonyl (C=O) groups excluding carboxylic acids is 1. The summed E-state index contributed by atoms with van der Waals surface area (Å²) in [7, 11) is 6.81. The molecule has 4 rings (SSSR count). The van der Waals surface area contributed by atoms with Gasteiger partial charge in [-0.2, -0.15) is 0 Å². The molecule has 0 unspecified atom stereocenters. The van der Waals surface area contributed by atoms with Gasteiger partial charge < -0.3 is 19.3 Å². The molecule has 1 aliphatic rings. The van der Waals surface area contributed by atoms with Crippen LogP contribution in [-0.4, -0.2) is 75.3 Å². The number of hydrogen-bond donors (Lipinski definition) is 0. The van der Waals surface area contributed by atoms with Crippen molar-refractivity contribution in [2.45, 2.75) is 12.8 Å². The van der Waals surface area contributed by atoms with Gasteiger partial charge in [-0.05, 0) is 24.7 Å². The van der Waals surface area contributed by atoms with Gasteiger partial charge in [-0.15, -0.1) is 0 Å². The Morgan fingerprint density at radius 1 is 1.00 bits per heavy atom. The van der Waals surface area contributed by atoms with Crippen LogP contribution in [0.4, 0.5) is 11.5 Å². The predicted octanol–water partition coefficient (Wildman–Crippen LogP) is 4.35. The van der Waals surface area contributed by atoms with Gasteiger partial charge in [0.05, 0.1) is 36.4 Å². The van der Waals surface area contributed by atoms with Crippen LogP contribution in [0.15, 0.2) is 42.7 Å². The maximum atomic E-state index is 13.2. The second kappa shape index (κ2) is 12.0. The van der Waals surface area contributed by atoms with Gasteiger partial charge in [-0.3, -0.25) is 9.69 Å². The number of rotatable bonds is 8. The number of anilines is 2. The van der Waals surface area contributed by atoms with E-state index in [0.717, 1.165) is 37.4 Å². The van der Waals surface area contributed by atoms with E-state index in [1.807, 2.05) is 6.07 Å². The lowest BCUT2D eigenvalue weighted by Gasteiger charge is -2.34. The molecule has 10 heteroatoms. The first-order valence-electron chi connectivity index (χ1n) is 12.0. The molecular weight excluding hydrogens is 513 g/mol. The van der Waals surface area contributed by atoms with Crippen molar-refractivity contribution in [3.63, 3.8) is 0 Å². The Kier molecular flexibility index (Phi) is 8.74. The molecular formula is C27H31Cl2N5O3. The third kappa shape index (κ3) is 6.26. The molecule has 2 heterocycles. The maximum Gasteiger partial charge on any atom is 0.232 e. The molecule has 196 valence electrons. The fourth-order valence-corrected chi connectivity index (χ4v) is 4.93. The van der Waals surface area contributed by atoms with Crippen molar-refractivity contribution in [3.05, 3.63) is 69.6 Å². The van der Waals surface area contributed by atoms with E-state index in [2.05, 4.69) is 51.1 Å². The van der Waals surface area contributed by atoms with Crippen LogP contribution >= 0.6 is 23.2 Å². The molecule has 1 saturated heterocycles. The third-order valence-electron chi connectivity index (χ3n) is 6.58. The van der Waals surface area contributed by atoms with Gasteiger partial charge in [0, 0.05) is 63.0 Å². The predicted molar refractivity (Wildman–Crippen MR) is 148 cm³/mol. The summed E-state index contributed by atoms with van der Waals surface area (Å²) in [5.41, 5.74) is 3.62. The van der Waals surface area contributed by atoms with Crippen LogP contribution in [0.5, 0.6) is 11.5 Å². The summed E-state index contributed by atoms with van der Waals surface area (Å²) in [6.45, 7) is 4.13. The van der Waals surface area contributed by atoms with Gasteiger partial charge in [0.25, 0.3) is 0 Å². The van der Waals surface area contributed by atoms with Crippen LogP contribution < -0.4 is 19.3 Å². The lowest BCUT2D eigenvalue weighted by molar-refractivity contribution is -0.117. The monoisotopic (exact) mass is 543 g/mol. The quantitative estimate of drug-likeness (QED) is 0.418. The summed E-state index contributed by atoms with van der Waals surface area (Å²) in [5, 5.41) is 0.553. The summed E-state index contributed by atoms with van der Waals surface area (Å²) in [6.07, 6.45) is 2.06. The van der Waals surface area contributed by atoms with Crippen LogP contribution in [0.3, 0.4) is 0 Å². The van der Waals surface area contributed by atoms with Gasteiger partial charge in [0.15, 0.2) is 0 Å². The molecule has 0 radical (unpaired) electrons. The molecule has 0 N–H and O–H groups in total. The van der Waals surface area contributed by atoms with E-state index in [-0.39, 0.29) is 22.4 Å². The van der Waals surface area contributed by atoms with Crippen molar-refractivity contribution in [2.75, 3.05) is 64.3 Å². The number of carbonyl (C=O) groups is 1. The number of piperazine rings is 1. The van der Waals surface area contributed by atoms with Crippen LogP contribution in [-0.2, 0) is 17.6 Å². The van der Waals surface area contributed by atoms with E-state index in [1.165, 1.54) is 31.1 Å². The number of amides is 1. The zero-order chi connectivity index (χ0) is 26.5. The number of benzene rings is 2. The highest BCUT2D eigenvalue weighted by Gasteiger charge is 2.22. The smallest absolute Gasteiger partial charge is 0.232 e. The summed E-state index contributed by atoms with van der Waals surface area (Å²) in [6, 6.07) is 12.0. The summed E-state index contributed by atoms with van der Waals surface area (Å²) >= 11 is 12.9. The van der Waals surface area contributed by atoms with E-state index in [1.54, 1.807) is 13.1 Å². The Balaban J connectivity index is 1.49. The lowest BCUT2D eigenvalue weighted by Crippen LogP contribution is -2.44. The van der Waals surface area contributed by atoms with Crippen molar-refractivity contribution in [3.8, 4) is 11.5 Å². The third-order valence-corrected chi connectivity index (χ3v) is 7.41. The highest BCUT2D eigenvalue weighted by Crippen LogP contribution is 2.40. The second-order valence-electron chi connectivity index (χ2n) is 9.02. The molecule has 1 fully saturated rings. The molecule has 1 aliphatic heterocycles. The number of halogens is 2. The largest absolute Gasteiger partial charge is 0.495 e. The molecule has 8 nitrogen and oxygen atoms in total. The molecule has 1 amide bonds. The van der Waals surface area contributed by atoms with Gasteiger partial charge in [-0.1, -0.05) is 35.3 Å². The fraction of sp³-hybridized carbons (Fsp3) is 0.370. The molecule has 0 atom stereocenters. The lowest BCUT2D eigenvalue weighted by atomic mass is 10.1. The van der Waals surface area contributed by atoms with Crippen molar-refractivity contribution >= 4 is 40.6 Å². The Morgan fingerprint density at radius 3 is 2.32 bits per heavy atom. The van der Waals surface area contributed by atoms with Crippen molar-refractivity contribution in [2.24, 2.45) is 0 Å². The number of hydrogen-bond acceptors (Lipinski definition) is 7.